The van der Waals surface area contributed by atoms with Gasteiger partial charge < -0.3 is 20.3 Å². The van der Waals surface area contributed by atoms with Crippen molar-refractivity contribution in [3.8, 4) is 0 Å². The van der Waals surface area contributed by atoms with Gasteiger partial charge in [0.25, 0.3) is 5.91 Å². The van der Waals surface area contributed by atoms with Gasteiger partial charge in [0, 0.05) is 12.2 Å². The van der Waals surface area contributed by atoms with Crippen molar-refractivity contribution in [3.05, 3.63) is 71.8 Å². The number of hydrogen-bond donors (Lipinski definition) is 2. The first-order valence-electron chi connectivity index (χ1n) is 14.9. The summed E-state index contributed by atoms with van der Waals surface area (Å²) in [6.07, 6.45) is 8.38. The molecule has 42 heavy (non-hydrogen) atoms. The summed E-state index contributed by atoms with van der Waals surface area (Å²) < 4.78 is 5.50. The van der Waals surface area contributed by atoms with E-state index in [1.165, 1.54) is 0 Å². The summed E-state index contributed by atoms with van der Waals surface area (Å²) in [5, 5.41) is 5.88. The maximum absolute atomic E-state index is 14.4. The Morgan fingerprint density at radius 1 is 1.05 bits per heavy atom. The Labute approximate surface area is 256 Å². The molecule has 0 aliphatic carbocycles. The second-order valence-corrected chi connectivity index (χ2v) is 12.5. The minimum absolute atomic E-state index is 0.306. The van der Waals surface area contributed by atoms with E-state index in [0.717, 1.165) is 43.2 Å². The summed E-state index contributed by atoms with van der Waals surface area (Å²) in [6, 6.07) is 13.4. The molecule has 0 radical (unpaired) electrons. The number of aryl methyl sites for hydroxylation is 1. The third-order valence-electron chi connectivity index (χ3n) is 6.81. The lowest BCUT2D eigenvalue weighted by Gasteiger charge is -2.35. The minimum Gasteiger partial charge on any atom is -0.444 e. The molecule has 2 atom stereocenters. The number of unbranched alkanes of at least 4 members (excludes halogenated alkanes) is 4. The molecular formula is C34H49N3O4S. The summed E-state index contributed by atoms with van der Waals surface area (Å²) >= 11 is 1.59. The molecule has 0 aromatic heterocycles. The quantitative estimate of drug-likeness (QED) is 0.194. The monoisotopic (exact) mass is 595 g/mol. The van der Waals surface area contributed by atoms with Crippen LogP contribution in [0.1, 0.15) is 89.0 Å². The van der Waals surface area contributed by atoms with E-state index >= 15 is 0 Å². The zero-order valence-electron chi connectivity index (χ0n) is 26.2. The van der Waals surface area contributed by atoms with Crippen LogP contribution < -0.4 is 10.6 Å². The molecule has 0 bridgehead atoms. The summed E-state index contributed by atoms with van der Waals surface area (Å²) in [7, 11) is 0. The van der Waals surface area contributed by atoms with Crippen LogP contribution in [0.3, 0.4) is 0 Å². The number of amides is 3. The predicted molar refractivity (Wildman–Crippen MR) is 176 cm³/mol. The van der Waals surface area contributed by atoms with E-state index in [0.29, 0.717) is 30.0 Å². The highest BCUT2D eigenvalue weighted by atomic mass is 32.2. The van der Waals surface area contributed by atoms with Gasteiger partial charge in [-0.25, -0.2) is 4.79 Å². The number of benzene rings is 2. The van der Waals surface area contributed by atoms with Crippen molar-refractivity contribution in [2.45, 2.75) is 90.8 Å². The van der Waals surface area contributed by atoms with Crippen molar-refractivity contribution in [1.82, 2.24) is 10.2 Å². The molecule has 7 nitrogen and oxygen atoms in total. The molecule has 0 saturated heterocycles. The third-order valence-corrected chi connectivity index (χ3v) is 7.45. The van der Waals surface area contributed by atoms with Crippen molar-refractivity contribution in [2.75, 3.05) is 23.9 Å². The van der Waals surface area contributed by atoms with Gasteiger partial charge in [0.1, 0.15) is 17.7 Å². The predicted octanol–water partition coefficient (Wildman–Crippen LogP) is 7.76. The van der Waals surface area contributed by atoms with E-state index in [-0.39, 0.29) is 11.8 Å². The lowest BCUT2D eigenvalue weighted by molar-refractivity contribution is -0.141. The van der Waals surface area contributed by atoms with Gasteiger partial charge in [0.2, 0.25) is 5.91 Å². The van der Waals surface area contributed by atoms with Crippen LogP contribution in [0.5, 0.6) is 0 Å². The number of alkyl carbamates (subject to hydrolysis) is 1. The van der Waals surface area contributed by atoms with E-state index in [1.54, 1.807) is 43.5 Å². The fourth-order valence-corrected chi connectivity index (χ4v) is 5.11. The highest BCUT2D eigenvalue weighted by Crippen LogP contribution is 2.28. The highest BCUT2D eigenvalue weighted by molar-refractivity contribution is 7.98. The van der Waals surface area contributed by atoms with Crippen LogP contribution in [0.25, 0.3) is 6.08 Å². The zero-order valence-corrected chi connectivity index (χ0v) is 27.0. The molecule has 0 fully saturated rings. The molecule has 0 spiro atoms. The van der Waals surface area contributed by atoms with E-state index in [4.69, 9.17) is 4.74 Å². The van der Waals surface area contributed by atoms with Crippen molar-refractivity contribution in [1.29, 1.82) is 0 Å². The van der Waals surface area contributed by atoms with Crippen molar-refractivity contribution in [3.63, 3.8) is 0 Å². The van der Waals surface area contributed by atoms with Gasteiger partial charge in [-0.15, -0.1) is 0 Å². The number of anilines is 1. The fraction of sp³-hybridized carbons (Fsp3) is 0.500. The summed E-state index contributed by atoms with van der Waals surface area (Å²) in [5.74, 6) is 0.0374. The average molecular weight is 596 g/mol. The summed E-state index contributed by atoms with van der Waals surface area (Å²) in [4.78, 5) is 43.0. The van der Waals surface area contributed by atoms with Gasteiger partial charge in [-0.3, -0.25) is 9.59 Å². The molecule has 2 aromatic rings. The Hall–Kier alpha value is -3.26. The molecule has 3 amide bonds. The minimum atomic E-state index is -0.916. The molecule has 2 N–H and O–H groups in total. The molecular weight excluding hydrogens is 546 g/mol. The van der Waals surface area contributed by atoms with E-state index in [1.807, 2.05) is 61.7 Å². The molecule has 2 unspecified atom stereocenters. The van der Waals surface area contributed by atoms with E-state index < -0.39 is 23.8 Å². The van der Waals surface area contributed by atoms with Crippen LogP contribution in [0.4, 0.5) is 10.5 Å². The maximum atomic E-state index is 14.4. The standard InChI is InChI=1S/C34H49N3O4S/c1-8-10-11-12-15-22-37(32(39)29(21-23-42-7)36-33(40)41-34(4,5)6)30(27-19-16-18-26(9-2)24-27)31(38)35-28-20-14-13-17-25(28)3/h9,13-14,16-20,24,29-30H,2,8,10-12,15,21-23H2,1,3-7H3,(H,35,38)(H,36,40). The van der Waals surface area contributed by atoms with Gasteiger partial charge >= 0.3 is 6.09 Å². The second-order valence-electron chi connectivity index (χ2n) is 11.5. The number of nitrogens with zero attached hydrogens (tertiary/aromatic N) is 1. The number of thioether (sulfide) groups is 1. The molecule has 0 saturated carbocycles. The molecule has 230 valence electrons. The van der Waals surface area contributed by atoms with E-state index in [2.05, 4.69) is 24.1 Å². The van der Waals surface area contributed by atoms with Gasteiger partial charge in [0.15, 0.2) is 0 Å². The van der Waals surface area contributed by atoms with Crippen LogP contribution in [-0.4, -0.2) is 53.0 Å². The van der Waals surface area contributed by atoms with E-state index in [9.17, 15) is 14.4 Å². The number of hydrogen-bond acceptors (Lipinski definition) is 5. The first-order chi connectivity index (χ1) is 20.0. The lowest BCUT2D eigenvalue weighted by atomic mass is 9.99. The van der Waals surface area contributed by atoms with Crippen molar-refractivity contribution < 1.29 is 19.1 Å². The number of para-hydroxylation sites is 1. The smallest absolute Gasteiger partial charge is 0.408 e. The topological polar surface area (TPSA) is 87.7 Å². The molecule has 0 aliphatic heterocycles. The third kappa shape index (κ3) is 11.6. The highest BCUT2D eigenvalue weighted by Gasteiger charge is 2.36. The fourth-order valence-electron chi connectivity index (χ4n) is 4.64. The summed E-state index contributed by atoms with van der Waals surface area (Å²) in [6.45, 7) is 13.7. The lowest BCUT2D eigenvalue weighted by Crippen LogP contribution is -2.52. The Morgan fingerprint density at radius 2 is 1.76 bits per heavy atom. The van der Waals surface area contributed by atoms with Crippen LogP contribution >= 0.6 is 11.8 Å². The van der Waals surface area contributed by atoms with Crippen LogP contribution in [0.15, 0.2) is 55.1 Å². The largest absolute Gasteiger partial charge is 0.444 e. The van der Waals surface area contributed by atoms with Gasteiger partial charge in [-0.05, 0) is 81.4 Å². The average Bonchev–Trinajstić information content (AvgIpc) is 2.94. The zero-order chi connectivity index (χ0) is 31.1. The van der Waals surface area contributed by atoms with Crippen LogP contribution in [0.2, 0.25) is 0 Å². The van der Waals surface area contributed by atoms with Gasteiger partial charge in [-0.1, -0.05) is 81.7 Å². The SMILES string of the molecule is C=Cc1cccc(C(C(=O)Nc2ccccc2C)N(CCCCCCC)C(=O)C(CCSC)NC(=O)OC(C)(C)C)c1. The van der Waals surface area contributed by atoms with Gasteiger partial charge in [0.05, 0.1) is 0 Å². The Balaban J connectivity index is 2.56. The normalized spacial score (nSPS) is 12.6. The number of carbonyl (C=O) groups is 3. The Bertz CT molecular complexity index is 1180. The number of ether oxygens (including phenoxy) is 1. The number of rotatable bonds is 16. The Kier molecular flexibility index (Phi) is 14.7. The van der Waals surface area contributed by atoms with Crippen LogP contribution in [-0.2, 0) is 14.3 Å². The molecule has 0 heterocycles. The number of nitrogens with one attached hydrogen (secondary N) is 2. The first-order valence-corrected chi connectivity index (χ1v) is 16.3. The first kappa shape index (κ1) is 34.9. The molecule has 2 rings (SSSR count). The molecule has 0 aliphatic rings. The molecule has 2 aromatic carbocycles. The van der Waals surface area contributed by atoms with Crippen molar-refractivity contribution >= 4 is 41.4 Å². The van der Waals surface area contributed by atoms with Gasteiger partial charge in [-0.2, -0.15) is 11.8 Å². The number of carbonyl (C=O) groups excluding carboxylic acids is 3. The second kappa shape index (κ2) is 17.6. The summed E-state index contributed by atoms with van der Waals surface area (Å²) in [5.41, 5.74) is 2.43. The van der Waals surface area contributed by atoms with Crippen LogP contribution in [0, 0.1) is 6.92 Å². The maximum Gasteiger partial charge on any atom is 0.408 e. The van der Waals surface area contributed by atoms with Crippen molar-refractivity contribution in [2.24, 2.45) is 0 Å². The Morgan fingerprint density at radius 3 is 2.40 bits per heavy atom. The molecule has 8 heteroatoms.